The van der Waals surface area contributed by atoms with Crippen LogP contribution in [0.25, 0.3) is 0 Å². The van der Waals surface area contributed by atoms with E-state index in [9.17, 15) is 8.42 Å². The Balaban J connectivity index is 2.59. The summed E-state index contributed by atoms with van der Waals surface area (Å²) in [5, 5.41) is 9.09. The van der Waals surface area contributed by atoms with E-state index in [1.54, 1.807) is 0 Å². The van der Waals surface area contributed by atoms with Crippen molar-refractivity contribution in [1.29, 1.82) is 0 Å². The van der Waals surface area contributed by atoms with E-state index in [-0.39, 0.29) is 18.1 Å². The number of aliphatic hydroxyl groups excluding tert-OH is 1. The van der Waals surface area contributed by atoms with Gasteiger partial charge in [0.25, 0.3) is 10.2 Å². The first-order valence-electron chi connectivity index (χ1n) is 7.09. The van der Waals surface area contributed by atoms with E-state index in [1.807, 2.05) is 6.92 Å². The van der Waals surface area contributed by atoms with Crippen LogP contribution in [-0.4, -0.2) is 43.6 Å². The molecule has 0 aromatic rings. The Bertz CT molecular complexity index is 364. The summed E-state index contributed by atoms with van der Waals surface area (Å²) >= 11 is 0. The molecule has 1 saturated heterocycles. The number of hydrogen-bond donors (Lipinski definition) is 2. The van der Waals surface area contributed by atoms with Gasteiger partial charge in [0, 0.05) is 19.1 Å². The van der Waals surface area contributed by atoms with E-state index in [0.717, 1.165) is 12.8 Å². The van der Waals surface area contributed by atoms with Crippen LogP contribution >= 0.6 is 0 Å². The lowest BCUT2D eigenvalue weighted by Gasteiger charge is -2.38. The summed E-state index contributed by atoms with van der Waals surface area (Å²) in [7, 11) is -3.45. The normalized spacial score (nSPS) is 21.5. The highest BCUT2D eigenvalue weighted by Crippen LogP contribution is 2.34. The van der Waals surface area contributed by atoms with Crippen LogP contribution in [0, 0.1) is 11.3 Å². The molecule has 0 spiro atoms. The van der Waals surface area contributed by atoms with Gasteiger partial charge in [0.1, 0.15) is 0 Å². The van der Waals surface area contributed by atoms with Crippen molar-refractivity contribution in [1.82, 2.24) is 9.03 Å². The fourth-order valence-electron chi connectivity index (χ4n) is 2.50. The van der Waals surface area contributed by atoms with Crippen LogP contribution in [0.2, 0.25) is 0 Å². The molecule has 1 aliphatic rings. The van der Waals surface area contributed by atoms with E-state index in [4.69, 9.17) is 5.11 Å². The zero-order valence-corrected chi connectivity index (χ0v) is 13.3. The van der Waals surface area contributed by atoms with Crippen LogP contribution < -0.4 is 4.72 Å². The monoisotopic (exact) mass is 292 g/mol. The molecule has 1 rings (SSSR count). The Morgan fingerprint density at radius 1 is 1.32 bits per heavy atom. The second kappa shape index (κ2) is 6.52. The van der Waals surface area contributed by atoms with Crippen LogP contribution in [0.4, 0.5) is 0 Å². The Labute approximate surface area is 117 Å². The third-order valence-corrected chi connectivity index (χ3v) is 5.72. The average molecular weight is 292 g/mol. The van der Waals surface area contributed by atoms with E-state index in [1.165, 1.54) is 4.31 Å². The third-order valence-electron chi connectivity index (χ3n) is 4.05. The Morgan fingerprint density at radius 2 is 1.84 bits per heavy atom. The standard InChI is InChI=1S/C13H28N2O3S/c1-5-12(10-16)14-19(17,18)15-8-6-11(7-9-15)13(2,3)4/h11-12,14,16H,5-10H2,1-4H3. The molecular weight excluding hydrogens is 264 g/mol. The largest absolute Gasteiger partial charge is 0.395 e. The molecule has 0 aliphatic carbocycles. The third kappa shape index (κ3) is 4.70. The highest BCUT2D eigenvalue weighted by atomic mass is 32.2. The van der Waals surface area contributed by atoms with E-state index in [0.29, 0.717) is 25.4 Å². The van der Waals surface area contributed by atoms with Crippen molar-refractivity contribution in [3.63, 3.8) is 0 Å². The van der Waals surface area contributed by atoms with Gasteiger partial charge in [0.2, 0.25) is 0 Å². The molecule has 1 aliphatic heterocycles. The van der Waals surface area contributed by atoms with Gasteiger partial charge in [-0.1, -0.05) is 27.7 Å². The summed E-state index contributed by atoms with van der Waals surface area (Å²) < 4.78 is 28.4. The lowest BCUT2D eigenvalue weighted by molar-refractivity contribution is 0.152. The first kappa shape index (κ1) is 16.9. The zero-order valence-electron chi connectivity index (χ0n) is 12.5. The summed E-state index contributed by atoms with van der Waals surface area (Å²) in [6.45, 7) is 9.46. The van der Waals surface area contributed by atoms with Gasteiger partial charge in [-0.3, -0.25) is 0 Å². The van der Waals surface area contributed by atoms with Gasteiger partial charge in [-0.05, 0) is 30.6 Å². The van der Waals surface area contributed by atoms with Crippen LogP contribution in [0.15, 0.2) is 0 Å². The molecule has 114 valence electrons. The second-order valence-corrected chi connectivity index (χ2v) is 8.15. The lowest BCUT2D eigenvalue weighted by Crippen LogP contribution is -2.50. The van der Waals surface area contributed by atoms with Crippen molar-refractivity contribution in [3.05, 3.63) is 0 Å². The average Bonchev–Trinajstić information content (AvgIpc) is 2.35. The molecule has 19 heavy (non-hydrogen) atoms. The summed E-state index contributed by atoms with van der Waals surface area (Å²) in [6.07, 6.45) is 2.40. The number of nitrogens with one attached hydrogen (secondary N) is 1. The summed E-state index contributed by atoms with van der Waals surface area (Å²) in [5.41, 5.74) is 0.236. The molecule has 0 aromatic heterocycles. The molecule has 0 saturated carbocycles. The van der Waals surface area contributed by atoms with Crippen LogP contribution in [0.1, 0.15) is 47.0 Å². The zero-order chi connectivity index (χ0) is 14.7. The number of piperidine rings is 1. The maximum Gasteiger partial charge on any atom is 0.279 e. The highest BCUT2D eigenvalue weighted by Gasteiger charge is 2.33. The second-order valence-electron chi connectivity index (χ2n) is 6.45. The van der Waals surface area contributed by atoms with Crippen molar-refractivity contribution >= 4 is 10.2 Å². The molecule has 1 heterocycles. The molecule has 2 N–H and O–H groups in total. The van der Waals surface area contributed by atoms with Crippen LogP contribution in [0.3, 0.4) is 0 Å². The Morgan fingerprint density at radius 3 is 2.21 bits per heavy atom. The minimum absolute atomic E-state index is 0.159. The van der Waals surface area contributed by atoms with Gasteiger partial charge in [-0.15, -0.1) is 0 Å². The van der Waals surface area contributed by atoms with Gasteiger partial charge in [0.05, 0.1) is 6.61 Å². The molecule has 0 bridgehead atoms. The predicted molar refractivity (Wildman–Crippen MR) is 77.0 cm³/mol. The molecular formula is C13H28N2O3S. The quantitative estimate of drug-likeness (QED) is 0.803. The summed E-state index contributed by atoms with van der Waals surface area (Å²) in [5.74, 6) is 0.568. The molecule has 0 aromatic carbocycles. The Hall–Kier alpha value is -0.170. The molecule has 0 amide bonds. The maximum atomic E-state index is 12.2. The van der Waals surface area contributed by atoms with Gasteiger partial charge in [-0.2, -0.15) is 17.4 Å². The van der Waals surface area contributed by atoms with Gasteiger partial charge in [0.15, 0.2) is 0 Å². The van der Waals surface area contributed by atoms with Gasteiger partial charge < -0.3 is 5.11 Å². The molecule has 0 radical (unpaired) electrons. The fourth-order valence-corrected chi connectivity index (χ4v) is 4.00. The smallest absolute Gasteiger partial charge is 0.279 e. The number of aliphatic hydroxyl groups is 1. The minimum atomic E-state index is -3.45. The molecule has 1 fully saturated rings. The molecule has 1 unspecified atom stereocenters. The first-order valence-corrected chi connectivity index (χ1v) is 8.53. The molecule has 5 nitrogen and oxygen atoms in total. The van der Waals surface area contributed by atoms with E-state index in [2.05, 4.69) is 25.5 Å². The minimum Gasteiger partial charge on any atom is -0.395 e. The fraction of sp³-hybridized carbons (Fsp3) is 1.00. The SMILES string of the molecule is CCC(CO)NS(=O)(=O)N1CCC(C(C)(C)C)CC1. The van der Waals surface area contributed by atoms with Crippen molar-refractivity contribution in [2.45, 2.75) is 53.0 Å². The summed E-state index contributed by atoms with van der Waals surface area (Å²) in [4.78, 5) is 0. The predicted octanol–water partition coefficient (Wildman–Crippen LogP) is 1.35. The van der Waals surface area contributed by atoms with E-state index >= 15 is 0 Å². The topological polar surface area (TPSA) is 69.6 Å². The van der Waals surface area contributed by atoms with Gasteiger partial charge in [-0.25, -0.2) is 0 Å². The molecule has 6 heteroatoms. The highest BCUT2D eigenvalue weighted by molar-refractivity contribution is 7.87. The van der Waals surface area contributed by atoms with Crippen molar-refractivity contribution < 1.29 is 13.5 Å². The van der Waals surface area contributed by atoms with Crippen LogP contribution in [-0.2, 0) is 10.2 Å². The first-order chi connectivity index (χ1) is 8.70. The van der Waals surface area contributed by atoms with Crippen molar-refractivity contribution in [3.8, 4) is 0 Å². The molecule has 1 atom stereocenters. The Kier molecular flexibility index (Phi) is 5.79. The van der Waals surface area contributed by atoms with E-state index < -0.39 is 10.2 Å². The van der Waals surface area contributed by atoms with Gasteiger partial charge >= 0.3 is 0 Å². The van der Waals surface area contributed by atoms with Crippen molar-refractivity contribution in [2.75, 3.05) is 19.7 Å². The summed E-state index contributed by atoms with van der Waals surface area (Å²) in [6, 6.07) is -0.384. The van der Waals surface area contributed by atoms with Crippen molar-refractivity contribution in [2.24, 2.45) is 11.3 Å². The number of hydrogen-bond acceptors (Lipinski definition) is 3. The maximum absolute atomic E-state index is 12.2. The lowest BCUT2D eigenvalue weighted by atomic mass is 9.76. The number of rotatable bonds is 5. The van der Waals surface area contributed by atoms with Crippen LogP contribution in [0.5, 0.6) is 0 Å². The number of nitrogens with zero attached hydrogens (tertiary/aromatic N) is 1.